The topological polar surface area (TPSA) is 51.5 Å². The number of hydrogen-bond donors (Lipinski definition) is 1. The summed E-state index contributed by atoms with van der Waals surface area (Å²) in [4.78, 5) is 11.7. The highest BCUT2D eigenvalue weighted by atomic mass is 35.5. The van der Waals surface area contributed by atoms with Gasteiger partial charge in [0.1, 0.15) is 0 Å². The number of amides is 1. The van der Waals surface area contributed by atoms with Gasteiger partial charge in [0.05, 0.1) is 12.7 Å². The Bertz CT molecular complexity index is 419. The minimum atomic E-state index is -0.257. The third-order valence-corrected chi connectivity index (χ3v) is 3.75. The maximum Gasteiger partial charge on any atom is 0.287 e. The van der Waals surface area contributed by atoms with Crippen molar-refractivity contribution < 1.29 is 13.9 Å². The van der Waals surface area contributed by atoms with Crippen LogP contribution in [0.5, 0.6) is 0 Å². The first-order valence-corrected chi connectivity index (χ1v) is 7.20. The van der Waals surface area contributed by atoms with E-state index in [-0.39, 0.29) is 16.9 Å². The van der Waals surface area contributed by atoms with Crippen molar-refractivity contribution in [2.75, 3.05) is 13.2 Å². The van der Waals surface area contributed by atoms with Gasteiger partial charge in [0.2, 0.25) is 0 Å². The lowest BCUT2D eigenvalue weighted by Gasteiger charge is -2.28. The van der Waals surface area contributed by atoms with Crippen LogP contribution in [-0.2, 0) is 4.74 Å². The zero-order valence-corrected chi connectivity index (χ0v) is 11.9. The molecule has 0 radical (unpaired) electrons. The Kier molecular flexibility index (Phi) is 5.28. The largest absolute Gasteiger partial charge is 0.440 e. The fourth-order valence-corrected chi connectivity index (χ4v) is 2.57. The summed E-state index contributed by atoms with van der Waals surface area (Å²) in [5.74, 6) is 0.594. The van der Waals surface area contributed by atoms with Gasteiger partial charge < -0.3 is 14.5 Å². The number of furan rings is 1. The van der Waals surface area contributed by atoms with Crippen molar-refractivity contribution in [3.63, 3.8) is 0 Å². The molecule has 0 spiro atoms. The van der Waals surface area contributed by atoms with Crippen molar-refractivity contribution in [1.29, 1.82) is 0 Å². The second-order valence-electron chi connectivity index (χ2n) is 5.03. The van der Waals surface area contributed by atoms with Crippen molar-refractivity contribution in [2.24, 2.45) is 5.92 Å². The number of halogens is 1. The lowest BCUT2D eigenvalue weighted by atomic mass is 9.88. The molecule has 1 amide bonds. The summed E-state index contributed by atoms with van der Waals surface area (Å²) >= 11 is 5.61. The van der Waals surface area contributed by atoms with Crippen LogP contribution in [0.4, 0.5) is 0 Å². The molecule has 1 saturated carbocycles. The Morgan fingerprint density at radius 1 is 1.47 bits per heavy atom. The molecule has 1 fully saturated rings. The number of carbonyl (C=O) groups excluding carboxylic acids is 1. The van der Waals surface area contributed by atoms with Gasteiger partial charge in [0.15, 0.2) is 11.0 Å². The maximum atomic E-state index is 11.7. The predicted molar refractivity (Wildman–Crippen MR) is 73.4 cm³/mol. The molecule has 106 valence electrons. The molecule has 1 aliphatic rings. The first-order chi connectivity index (χ1) is 9.16. The standard InChI is InChI=1S/C14H20ClNO3/c1-10-4-2-3-5-11(10)18-9-8-16-14(17)12-6-7-13(15)19-12/h6-7,10-11H,2-5,8-9H2,1H3,(H,16,17)/t10-,11+/m1/s1. The van der Waals surface area contributed by atoms with Crippen molar-refractivity contribution in [3.05, 3.63) is 23.1 Å². The molecular weight excluding hydrogens is 266 g/mol. The highest BCUT2D eigenvalue weighted by Crippen LogP contribution is 2.25. The number of rotatable bonds is 5. The normalized spacial score (nSPS) is 23.3. The van der Waals surface area contributed by atoms with E-state index in [2.05, 4.69) is 12.2 Å². The van der Waals surface area contributed by atoms with Crippen LogP contribution in [0.25, 0.3) is 0 Å². The molecule has 2 rings (SSSR count). The number of carbonyl (C=O) groups is 1. The van der Waals surface area contributed by atoms with Gasteiger partial charge in [-0.3, -0.25) is 4.79 Å². The Morgan fingerprint density at radius 3 is 2.95 bits per heavy atom. The smallest absolute Gasteiger partial charge is 0.287 e. The second-order valence-corrected chi connectivity index (χ2v) is 5.40. The Balaban J connectivity index is 1.65. The Labute approximate surface area is 118 Å². The van der Waals surface area contributed by atoms with Crippen LogP contribution in [0.2, 0.25) is 5.22 Å². The summed E-state index contributed by atoms with van der Waals surface area (Å²) in [7, 11) is 0. The van der Waals surface area contributed by atoms with Crippen LogP contribution in [0, 0.1) is 5.92 Å². The lowest BCUT2D eigenvalue weighted by molar-refractivity contribution is -0.00300. The molecular formula is C14H20ClNO3. The van der Waals surface area contributed by atoms with Crippen LogP contribution >= 0.6 is 11.6 Å². The van der Waals surface area contributed by atoms with E-state index in [1.807, 2.05) is 0 Å². The summed E-state index contributed by atoms with van der Waals surface area (Å²) in [5, 5.41) is 2.97. The highest BCUT2D eigenvalue weighted by Gasteiger charge is 2.21. The summed E-state index contributed by atoms with van der Waals surface area (Å²) in [5.41, 5.74) is 0. The quantitative estimate of drug-likeness (QED) is 0.845. The molecule has 5 heteroatoms. The molecule has 0 aromatic carbocycles. The van der Waals surface area contributed by atoms with Crippen LogP contribution in [-0.4, -0.2) is 25.2 Å². The Hall–Kier alpha value is -1.00. The molecule has 4 nitrogen and oxygen atoms in total. The minimum Gasteiger partial charge on any atom is -0.440 e. The minimum absolute atomic E-state index is 0.220. The number of ether oxygens (including phenoxy) is 1. The summed E-state index contributed by atoms with van der Waals surface area (Å²) in [6.07, 6.45) is 5.25. The number of hydrogen-bond acceptors (Lipinski definition) is 3. The van der Waals surface area contributed by atoms with E-state index in [1.165, 1.54) is 19.3 Å². The van der Waals surface area contributed by atoms with Gasteiger partial charge in [-0.05, 0) is 42.5 Å². The highest BCUT2D eigenvalue weighted by molar-refractivity contribution is 6.29. The maximum absolute atomic E-state index is 11.7. The third kappa shape index (κ3) is 4.25. The van der Waals surface area contributed by atoms with Gasteiger partial charge in [-0.2, -0.15) is 0 Å². The average molecular weight is 286 g/mol. The average Bonchev–Trinajstić information content (AvgIpc) is 2.83. The van der Waals surface area contributed by atoms with Gasteiger partial charge in [-0.1, -0.05) is 19.8 Å². The van der Waals surface area contributed by atoms with Crippen molar-refractivity contribution >= 4 is 17.5 Å². The SMILES string of the molecule is C[C@@H]1CCCC[C@@H]1OCCNC(=O)c1ccc(Cl)o1. The lowest BCUT2D eigenvalue weighted by Crippen LogP contribution is -2.31. The molecule has 1 heterocycles. The molecule has 0 aliphatic heterocycles. The van der Waals surface area contributed by atoms with Gasteiger partial charge >= 0.3 is 0 Å². The van der Waals surface area contributed by atoms with Crippen molar-refractivity contribution in [2.45, 2.75) is 38.7 Å². The molecule has 1 aliphatic carbocycles. The van der Waals surface area contributed by atoms with Crippen LogP contribution in [0.1, 0.15) is 43.2 Å². The molecule has 2 atom stereocenters. The van der Waals surface area contributed by atoms with E-state index >= 15 is 0 Å². The molecule has 1 aromatic heterocycles. The van der Waals surface area contributed by atoms with E-state index in [1.54, 1.807) is 12.1 Å². The van der Waals surface area contributed by atoms with Crippen molar-refractivity contribution in [1.82, 2.24) is 5.32 Å². The second kappa shape index (κ2) is 6.96. The monoisotopic (exact) mass is 285 g/mol. The third-order valence-electron chi connectivity index (χ3n) is 3.55. The summed E-state index contributed by atoms with van der Waals surface area (Å²) in [6, 6.07) is 3.11. The summed E-state index contributed by atoms with van der Waals surface area (Å²) < 4.78 is 10.8. The molecule has 0 bridgehead atoms. The van der Waals surface area contributed by atoms with E-state index < -0.39 is 0 Å². The van der Waals surface area contributed by atoms with Gasteiger partial charge in [0.25, 0.3) is 5.91 Å². The Morgan fingerprint density at radius 2 is 2.26 bits per heavy atom. The van der Waals surface area contributed by atoms with E-state index in [4.69, 9.17) is 20.8 Å². The first-order valence-electron chi connectivity index (χ1n) is 6.82. The van der Waals surface area contributed by atoms with Gasteiger partial charge in [-0.25, -0.2) is 0 Å². The molecule has 19 heavy (non-hydrogen) atoms. The van der Waals surface area contributed by atoms with Crippen molar-refractivity contribution in [3.8, 4) is 0 Å². The summed E-state index contributed by atoms with van der Waals surface area (Å²) in [6.45, 7) is 3.25. The van der Waals surface area contributed by atoms with Crippen LogP contribution < -0.4 is 5.32 Å². The fraction of sp³-hybridized carbons (Fsp3) is 0.643. The molecule has 0 unspecified atom stereocenters. The first kappa shape index (κ1) is 14.4. The predicted octanol–water partition coefficient (Wildman–Crippen LogP) is 3.26. The number of nitrogens with one attached hydrogen (secondary N) is 1. The van der Waals surface area contributed by atoms with Gasteiger partial charge in [-0.15, -0.1) is 0 Å². The van der Waals surface area contributed by atoms with Crippen LogP contribution in [0.3, 0.4) is 0 Å². The van der Waals surface area contributed by atoms with E-state index in [0.29, 0.717) is 25.2 Å². The van der Waals surface area contributed by atoms with E-state index in [0.717, 1.165) is 6.42 Å². The molecule has 0 saturated heterocycles. The molecule has 1 N–H and O–H groups in total. The van der Waals surface area contributed by atoms with Crippen LogP contribution in [0.15, 0.2) is 16.5 Å². The molecule has 1 aromatic rings. The van der Waals surface area contributed by atoms with Gasteiger partial charge in [0, 0.05) is 6.54 Å². The fourth-order valence-electron chi connectivity index (χ4n) is 2.43. The zero-order chi connectivity index (χ0) is 13.7. The zero-order valence-electron chi connectivity index (χ0n) is 11.2. The van der Waals surface area contributed by atoms with E-state index in [9.17, 15) is 4.79 Å².